The molecule has 0 radical (unpaired) electrons. The van der Waals surface area contributed by atoms with Crippen LogP contribution in [0.1, 0.15) is 27.2 Å². The van der Waals surface area contributed by atoms with Crippen molar-refractivity contribution < 1.29 is 4.74 Å². The minimum atomic E-state index is 0.398. The summed E-state index contributed by atoms with van der Waals surface area (Å²) in [6.45, 7) is 7.29. The summed E-state index contributed by atoms with van der Waals surface area (Å²) < 4.78 is 5.87. The number of benzene rings is 1. The zero-order chi connectivity index (χ0) is 17.8. The molecule has 0 saturated heterocycles. The molecule has 1 atom stereocenters. The predicted octanol–water partition coefficient (Wildman–Crippen LogP) is 6.01. The van der Waals surface area contributed by atoms with E-state index in [1.54, 1.807) is 6.20 Å². The minimum Gasteiger partial charge on any atom is -0.490 e. The summed E-state index contributed by atoms with van der Waals surface area (Å²) in [5.74, 6) is 1.79. The van der Waals surface area contributed by atoms with E-state index in [0.29, 0.717) is 29.3 Å². The Balaban J connectivity index is 1.82. The molecule has 130 valence electrons. The summed E-state index contributed by atoms with van der Waals surface area (Å²) >= 11 is 6.37. The number of nitrogens with zero attached hydrogens (tertiary/aromatic N) is 2. The topological polar surface area (TPSA) is 35.0 Å². The first-order chi connectivity index (χ1) is 12.0. The molecule has 3 nitrogen and oxygen atoms in total. The molecule has 0 bridgehead atoms. The van der Waals surface area contributed by atoms with Crippen molar-refractivity contribution in [2.45, 2.75) is 27.2 Å². The first-order valence-corrected chi connectivity index (χ1v) is 9.06. The quantitative estimate of drug-likeness (QED) is 0.508. The number of halogens is 1. The van der Waals surface area contributed by atoms with E-state index in [1.807, 2.05) is 42.5 Å². The molecule has 0 spiro atoms. The predicted molar refractivity (Wildman–Crippen MR) is 104 cm³/mol. The molecule has 2 heterocycles. The zero-order valence-electron chi connectivity index (χ0n) is 14.9. The van der Waals surface area contributed by atoms with Crippen LogP contribution < -0.4 is 4.74 Å². The highest BCUT2D eigenvalue weighted by atomic mass is 35.5. The SMILES string of the molecule is CC(C)CC(C)COc1ccc(-c2ccnc3ccccc23)nc1Cl. The number of para-hydroxylation sites is 1. The van der Waals surface area contributed by atoms with Gasteiger partial charge in [0.2, 0.25) is 0 Å². The van der Waals surface area contributed by atoms with Crippen LogP contribution in [0.5, 0.6) is 5.75 Å². The Kier molecular flexibility index (Phi) is 5.54. The normalized spacial score (nSPS) is 12.5. The molecular weight excluding hydrogens is 332 g/mol. The van der Waals surface area contributed by atoms with E-state index in [2.05, 4.69) is 30.7 Å². The van der Waals surface area contributed by atoms with Gasteiger partial charge in [-0.3, -0.25) is 4.98 Å². The molecule has 1 aromatic carbocycles. The summed E-state index contributed by atoms with van der Waals surface area (Å²) in [6.07, 6.45) is 2.93. The van der Waals surface area contributed by atoms with Gasteiger partial charge in [-0.1, -0.05) is 50.6 Å². The van der Waals surface area contributed by atoms with Crippen LogP contribution in [0.25, 0.3) is 22.2 Å². The van der Waals surface area contributed by atoms with E-state index in [4.69, 9.17) is 16.3 Å². The number of fused-ring (bicyclic) bond motifs is 1. The fraction of sp³-hybridized carbons (Fsp3) is 0.333. The number of hydrogen-bond acceptors (Lipinski definition) is 3. The smallest absolute Gasteiger partial charge is 0.171 e. The third-order valence-electron chi connectivity index (χ3n) is 4.14. The van der Waals surface area contributed by atoms with Crippen molar-refractivity contribution in [3.05, 3.63) is 53.8 Å². The van der Waals surface area contributed by atoms with Crippen molar-refractivity contribution in [2.75, 3.05) is 6.61 Å². The number of rotatable bonds is 6. The molecule has 0 aliphatic carbocycles. The lowest BCUT2D eigenvalue weighted by Gasteiger charge is -2.16. The van der Waals surface area contributed by atoms with Crippen molar-refractivity contribution in [2.24, 2.45) is 11.8 Å². The average Bonchev–Trinajstić information content (AvgIpc) is 2.59. The van der Waals surface area contributed by atoms with Gasteiger partial charge < -0.3 is 4.74 Å². The molecular formula is C21H23ClN2O. The summed E-state index contributed by atoms with van der Waals surface area (Å²) in [5.41, 5.74) is 2.79. The van der Waals surface area contributed by atoms with E-state index < -0.39 is 0 Å². The standard InChI is InChI=1S/C21H23ClN2O/c1-14(2)12-15(3)13-25-20-9-8-19(24-21(20)22)17-10-11-23-18-7-5-4-6-16(17)18/h4-11,14-15H,12-13H2,1-3H3. The van der Waals surface area contributed by atoms with Gasteiger partial charge in [0.25, 0.3) is 0 Å². The molecule has 1 unspecified atom stereocenters. The Hall–Kier alpha value is -2.13. The Morgan fingerprint density at radius 3 is 2.60 bits per heavy atom. The van der Waals surface area contributed by atoms with E-state index in [0.717, 1.165) is 28.6 Å². The molecule has 0 aliphatic rings. The number of pyridine rings is 2. The second-order valence-corrected chi connectivity index (χ2v) is 7.26. The van der Waals surface area contributed by atoms with E-state index >= 15 is 0 Å². The van der Waals surface area contributed by atoms with Gasteiger partial charge >= 0.3 is 0 Å². The van der Waals surface area contributed by atoms with Crippen molar-refractivity contribution in [1.82, 2.24) is 9.97 Å². The van der Waals surface area contributed by atoms with Crippen LogP contribution in [0, 0.1) is 11.8 Å². The molecule has 3 aromatic rings. The molecule has 4 heteroatoms. The maximum Gasteiger partial charge on any atom is 0.171 e. The van der Waals surface area contributed by atoms with Gasteiger partial charge in [-0.15, -0.1) is 0 Å². The van der Waals surface area contributed by atoms with Crippen molar-refractivity contribution >= 4 is 22.5 Å². The zero-order valence-corrected chi connectivity index (χ0v) is 15.6. The molecule has 0 N–H and O–H groups in total. The number of aromatic nitrogens is 2. The highest BCUT2D eigenvalue weighted by Gasteiger charge is 2.11. The number of hydrogen-bond donors (Lipinski definition) is 0. The minimum absolute atomic E-state index is 0.398. The third-order valence-corrected chi connectivity index (χ3v) is 4.41. The summed E-state index contributed by atoms with van der Waals surface area (Å²) in [7, 11) is 0. The van der Waals surface area contributed by atoms with Crippen LogP contribution in [-0.2, 0) is 0 Å². The summed E-state index contributed by atoms with van der Waals surface area (Å²) in [6, 6.07) is 13.8. The fourth-order valence-corrected chi connectivity index (χ4v) is 3.31. The highest BCUT2D eigenvalue weighted by Crippen LogP contribution is 2.31. The maximum absolute atomic E-state index is 6.37. The first-order valence-electron chi connectivity index (χ1n) is 8.68. The molecule has 0 saturated carbocycles. The molecule has 0 aliphatic heterocycles. The van der Waals surface area contributed by atoms with Gasteiger partial charge in [-0.2, -0.15) is 0 Å². The lowest BCUT2D eigenvalue weighted by molar-refractivity contribution is 0.238. The van der Waals surface area contributed by atoms with Crippen LogP contribution in [0.2, 0.25) is 5.15 Å². The van der Waals surface area contributed by atoms with Gasteiger partial charge in [0.15, 0.2) is 10.9 Å². The van der Waals surface area contributed by atoms with Crippen LogP contribution in [0.15, 0.2) is 48.7 Å². The van der Waals surface area contributed by atoms with Crippen LogP contribution in [-0.4, -0.2) is 16.6 Å². The molecule has 3 rings (SSSR count). The molecule has 25 heavy (non-hydrogen) atoms. The van der Waals surface area contributed by atoms with Gasteiger partial charge in [0.1, 0.15) is 0 Å². The van der Waals surface area contributed by atoms with Gasteiger partial charge in [0.05, 0.1) is 17.8 Å². The van der Waals surface area contributed by atoms with Gasteiger partial charge in [0, 0.05) is 17.1 Å². The van der Waals surface area contributed by atoms with Crippen molar-refractivity contribution in [1.29, 1.82) is 0 Å². The highest BCUT2D eigenvalue weighted by molar-refractivity contribution is 6.31. The Bertz CT molecular complexity index is 858. The largest absolute Gasteiger partial charge is 0.490 e. The van der Waals surface area contributed by atoms with E-state index in [-0.39, 0.29) is 0 Å². The van der Waals surface area contributed by atoms with Gasteiger partial charge in [-0.25, -0.2) is 4.98 Å². The number of ether oxygens (including phenoxy) is 1. The lowest BCUT2D eigenvalue weighted by Crippen LogP contribution is -2.11. The molecule has 0 fully saturated rings. The van der Waals surface area contributed by atoms with Crippen molar-refractivity contribution in [3.8, 4) is 17.0 Å². The van der Waals surface area contributed by atoms with Crippen LogP contribution in [0.4, 0.5) is 0 Å². The monoisotopic (exact) mass is 354 g/mol. The van der Waals surface area contributed by atoms with Crippen molar-refractivity contribution in [3.63, 3.8) is 0 Å². The van der Waals surface area contributed by atoms with Gasteiger partial charge in [-0.05, 0) is 42.5 Å². The first kappa shape index (κ1) is 17.7. The fourth-order valence-electron chi connectivity index (χ4n) is 3.10. The molecule has 0 amide bonds. The third kappa shape index (κ3) is 4.29. The van der Waals surface area contributed by atoms with E-state index in [9.17, 15) is 0 Å². The van der Waals surface area contributed by atoms with E-state index in [1.165, 1.54) is 0 Å². The summed E-state index contributed by atoms with van der Waals surface area (Å²) in [4.78, 5) is 8.94. The Labute approximate surface area is 154 Å². The Morgan fingerprint density at radius 1 is 1.04 bits per heavy atom. The Morgan fingerprint density at radius 2 is 1.84 bits per heavy atom. The summed E-state index contributed by atoms with van der Waals surface area (Å²) in [5, 5.41) is 1.46. The lowest BCUT2D eigenvalue weighted by atomic mass is 10.00. The second kappa shape index (κ2) is 7.83. The molecule has 2 aromatic heterocycles. The maximum atomic E-state index is 6.37. The second-order valence-electron chi connectivity index (χ2n) is 6.91. The van der Waals surface area contributed by atoms with Crippen LogP contribution in [0.3, 0.4) is 0 Å². The average molecular weight is 355 g/mol. The van der Waals surface area contributed by atoms with Crippen LogP contribution >= 0.6 is 11.6 Å².